The minimum Gasteiger partial charge on any atom is -0.287 e. The Morgan fingerprint density at radius 3 is 2.78 bits per heavy atom. The van der Waals surface area contributed by atoms with E-state index in [9.17, 15) is 4.79 Å². The zero-order valence-corrected chi connectivity index (χ0v) is 6.48. The molecule has 5 heteroatoms. The van der Waals surface area contributed by atoms with Crippen molar-refractivity contribution in [3.8, 4) is 0 Å². The molecule has 0 fully saturated rings. The molecule has 49 valence electrons. The molecular weight excluding hydrogens is 181 g/mol. The molecule has 1 radical (unpaired) electrons. The van der Waals surface area contributed by atoms with Gasteiger partial charge in [-0.15, -0.1) is 0 Å². The first-order valence-corrected chi connectivity index (χ1v) is 3.64. The molecule has 0 aromatic rings. The summed E-state index contributed by atoms with van der Waals surface area (Å²) in [7, 11) is 0. The summed E-state index contributed by atoms with van der Waals surface area (Å²) in [5.74, 6) is 0. The van der Waals surface area contributed by atoms with E-state index in [-0.39, 0.29) is 0 Å². The van der Waals surface area contributed by atoms with Gasteiger partial charge in [-0.05, 0) is 18.0 Å². The van der Waals surface area contributed by atoms with E-state index in [0.717, 1.165) is 11.9 Å². The van der Waals surface area contributed by atoms with Crippen LogP contribution in [-0.2, 0) is 4.79 Å². The molecule has 1 N–H and O–H groups in total. The maximum Gasteiger partial charge on any atom is 0.242 e. The molecule has 0 aliphatic carbocycles. The van der Waals surface area contributed by atoms with Gasteiger partial charge in [0, 0.05) is 0 Å². The molecule has 0 amide bonds. The minimum atomic E-state index is -1.21. The van der Waals surface area contributed by atoms with Crippen molar-refractivity contribution in [1.82, 2.24) is 4.72 Å². The highest BCUT2D eigenvalue weighted by Crippen LogP contribution is 2.31. The third-order valence-corrected chi connectivity index (χ3v) is 2.23. The first-order valence-electron chi connectivity index (χ1n) is 2.07. The highest BCUT2D eigenvalue weighted by molar-refractivity contribution is 8.03. The number of rotatable bonds is 1. The molecule has 0 spiro atoms. The van der Waals surface area contributed by atoms with Crippen molar-refractivity contribution in [3.63, 3.8) is 0 Å². The van der Waals surface area contributed by atoms with Gasteiger partial charge in [-0.1, -0.05) is 23.2 Å². The van der Waals surface area contributed by atoms with Gasteiger partial charge in [0.15, 0.2) is 5.00 Å². The maximum absolute atomic E-state index is 10.0. The second-order valence-electron chi connectivity index (χ2n) is 1.47. The van der Waals surface area contributed by atoms with Crippen molar-refractivity contribution in [2.24, 2.45) is 0 Å². The van der Waals surface area contributed by atoms with Crippen LogP contribution >= 0.6 is 35.1 Å². The maximum atomic E-state index is 10.0. The lowest BCUT2D eigenvalue weighted by molar-refractivity contribution is 0.542. The second kappa shape index (κ2) is 2.50. The Hall–Kier alpha value is 0.300. The summed E-state index contributed by atoms with van der Waals surface area (Å²) < 4.78 is 3.03. The highest BCUT2D eigenvalue weighted by Gasteiger charge is 2.30. The van der Waals surface area contributed by atoms with Gasteiger partial charge >= 0.3 is 0 Å². The predicted molar refractivity (Wildman–Crippen MR) is 38.9 cm³/mol. The standard InChI is InChI=1S/C4H2Cl2NOS/c5-3-1-4(6,2-8)7-9-3/h1,7H. The first kappa shape index (κ1) is 7.41. The number of hydrogen-bond donors (Lipinski definition) is 1. The van der Waals surface area contributed by atoms with Crippen LogP contribution in [0.4, 0.5) is 0 Å². The van der Waals surface area contributed by atoms with Crippen LogP contribution in [0.15, 0.2) is 10.4 Å². The smallest absolute Gasteiger partial charge is 0.242 e. The fourth-order valence-electron chi connectivity index (χ4n) is 0.389. The molecule has 1 aliphatic heterocycles. The Morgan fingerprint density at radius 1 is 1.89 bits per heavy atom. The van der Waals surface area contributed by atoms with Gasteiger partial charge in [0.25, 0.3) is 0 Å². The highest BCUT2D eigenvalue weighted by atomic mass is 35.5. The van der Waals surface area contributed by atoms with Crippen LogP contribution in [0.1, 0.15) is 0 Å². The van der Waals surface area contributed by atoms with Gasteiger partial charge in [0.05, 0.1) is 4.36 Å². The van der Waals surface area contributed by atoms with Crippen molar-refractivity contribution in [2.45, 2.75) is 5.00 Å². The fourth-order valence-corrected chi connectivity index (χ4v) is 1.60. The van der Waals surface area contributed by atoms with Crippen molar-refractivity contribution >= 4 is 41.4 Å². The van der Waals surface area contributed by atoms with E-state index in [0.29, 0.717) is 4.36 Å². The summed E-state index contributed by atoms with van der Waals surface area (Å²) in [5, 5.41) is 0. The molecule has 1 unspecified atom stereocenters. The van der Waals surface area contributed by atoms with E-state index in [4.69, 9.17) is 23.2 Å². The molecule has 1 atom stereocenters. The van der Waals surface area contributed by atoms with Gasteiger partial charge in [0.1, 0.15) is 0 Å². The van der Waals surface area contributed by atoms with E-state index < -0.39 is 5.00 Å². The van der Waals surface area contributed by atoms with Crippen molar-refractivity contribution < 1.29 is 4.79 Å². The zero-order chi connectivity index (χ0) is 6.91. The molecule has 0 bridgehead atoms. The summed E-state index contributed by atoms with van der Waals surface area (Å²) in [5.41, 5.74) is 0. The fraction of sp³-hybridized carbons (Fsp3) is 0.250. The quantitative estimate of drug-likeness (QED) is 0.378. The summed E-state index contributed by atoms with van der Waals surface area (Å²) in [6, 6.07) is 0. The van der Waals surface area contributed by atoms with E-state index in [1.54, 1.807) is 6.29 Å². The van der Waals surface area contributed by atoms with E-state index >= 15 is 0 Å². The SMILES string of the molecule is O=[C]C1(Cl)C=C(Cl)SN1. The van der Waals surface area contributed by atoms with E-state index in [2.05, 4.69) is 4.72 Å². The Labute approximate surface area is 66.7 Å². The first-order chi connectivity index (χ1) is 4.16. The number of halogens is 2. The average molecular weight is 183 g/mol. The van der Waals surface area contributed by atoms with Gasteiger partial charge < -0.3 is 0 Å². The number of nitrogens with one attached hydrogen (secondary N) is 1. The lowest BCUT2D eigenvalue weighted by Crippen LogP contribution is -2.30. The number of alkyl halides is 1. The lowest BCUT2D eigenvalue weighted by atomic mass is 10.3. The summed E-state index contributed by atoms with van der Waals surface area (Å²) >= 11 is 12.1. The van der Waals surface area contributed by atoms with Gasteiger partial charge in [-0.3, -0.25) is 4.79 Å². The summed E-state index contributed by atoms with van der Waals surface area (Å²) in [6.45, 7) is 0. The third kappa shape index (κ3) is 1.61. The summed E-state index contributed by atoms with van der Waals surface area (Å²) in [4.78, 5) is 8.83. The molecule has 0 saturated heterocycles. The number of hydrogen-bond acceptors (Lipinski definition) is 3. The monoisotopic (exact) mass is 182 g/mol. The predicted octanol–water partition coefficient (Wildman–Crippen LogP) is 1.36. The van der Waals surface area contributed by atoms with Gasteiger partial charge in [0.2, 0.25) is 6.29 Å². The molecule has 0 saturated carbocycles. The molecule has 9 heavy (non-hydrogen) atoms. The van der Waals surface area contributed by atoms with Crippen LogP contribution in [0.5, 0.6) is 0 Å². The molecule has 1 rings (SSSR count). The van der Waals surface area contributed by atoms with Gasteiger partial charge in [-0.2, -0.15) is 0 Å². The van der Waals surface area contributed by atoms with Crippen LogP contribution in [0.2, 0.25) is 0 Å². The topological polar surface area (TPSA) is 29.1 Å². The van der Waals surface area contributed by atoms with E-state index in [1.165, 1.54) is 6.08 Å². The van der Waals surface area contributed by atoms with E-state index in [1.807, 2.05) is 0 Å². The van der Waals surface area contributed by atoms with Crippen LogP contribution in [0.3, 0.4) is 0 Å². The molecule has 0 aromatic heterocycles. The molecular formula is C4H2Cl2NOS. The van der Waals surface area contributed by atoms with Crippen molar-refractivity contribution in [3.05, 3.63) is 10.4 Å². The van der Waals surface area contributed by atoms with Crippen LogP contribution in [0.25, 0.3) is 0 Å². The molecule has 1 aliphatic rings. The minimum absolute atomic E-state index is 0.466. The van der Waals surface area contributed by atoms with Crippen LogP contribution in [0, 0.1) is 0 Å². The third-order valence-electron chi connectivity index (χ3n) is 0.758. The molecule has 2 nitrogen and oxygen atoms in total. The Morgan fingerprint density at radius 2 is 2.56 bits per heavy atom. The molecule has 0 aromatic carbocycles. The zero-order valence-electron chi connectivity index (χ0n) is 4.15. The van der Waals surface area contributed by atoms with Crippen molar-refractivity contribution in [1.29, 1.82) is 0 Å². The Balaban J connectivity index is 2.75. The molecule has 1 heterocycles. The Bertz CT molecular complexity index is 172. The summed E-state index contributed by atoms with van der Waals surface area (Å²) in [6.07, 6.45) is 2.99. The average Bonchev–Trinajstić information content (AvgIpc) is 2.13. The van der Waals surface area contributed by atoms with Gasteiger partial charge in [-0.25, -0.2) is 4.72 Å². The largest absolute Gasteiger partial charge is 0.287 e. The second-order valence-corrected chi connectivity index (χ2v) is 3.54. The van der Waals surface area contributed by atoms with Crippen molar-refractivity contribution in [2.75, 3.05) is 0 Å². The van der Waals surface area contributed by atoms with Crippen LogP contribution < -0.4 is 4.72 Å². The normalized spacial score (nSPS) is 34.2. The lowest BCUT2D eigenvalue weighted by Gasteiger charge is -2.05. The number of carbonyl (C=O) groups excluding carboxylic acids is 1. The van der Waals surface area contributed by atoms with Crippen LogP contribution in [-0.4, -0.2) is 11.3 Å². The Kier molecular flexibility index (Phi) is 2.06.